The van der Waals surface area contributed by atoms with E-state index in [0.717, 1.165) is 0 Å². The van der Waals surface area contributed by atoms with Crippen molar-refractivity contribution in [2.75, 3.05) is 13.1 Å². The van der Waals surface area contributed by atoms with Crippen molar-refractivity contribution in [2.45, 2.75) is 0 Å². The Morgan fingerprint density at radius 1 is 1.75 bits per heavy atom. The predicted molar refractivity (Wildman–Crippen MR) is 25.9 cm³/mol. The third kappa shape index (κ3) is 5.21. The zero-order valence-corrected chi connectivity index (χ0v) is 4.18. The second kappa shape index (κ2) is 4.37. The van der Waals surface area contributed by atoms with Crippen molar-refractivity contribution in [2.24, 2.45) is 0 Å². The standard InChI is InChI=1S/C5H4NO2/c1-2-3-6-4-5(7)8/h3-4H2. The van der Waals surface area contributed by atoms with Gasteiger partial charge in [-0.2, -0.15) is 0 Å². The summed E-state index contributed by atoms with van der Waals surface area (Å²) in [5.74, 6) is 0.693. The van der Waals surface area contributed by atoms with Crippen LogP contribution in [0.2, 0.25) is 0 Å². The Labute approximate surface area is 47.7 Å². The molecule has 0 aliphatic heterocycles. The first-order valence-electron chi connectivity index (χ1n) is 2.00. The summed E-state index contributed by atoms with van der Waals surface area (Å²) in [5, 5.41) is 12.9. The summed E-state index contributed by atoms with van der Waals surface area (Å²) in [6.07, 6.45) is 6.29. The van der Waals surface area contributed by atoms with Crippen molar-refractivity contribution in [3.63, 3.8) is 0 Å². The first-order chi connectivity index (χ1) is 3.77. The van der Waals surface area contributed by atoms with E-state index in [1.165, 1.54) is 0 Å². The van der Waals surface area contributed by atoms with Crippen LogP contribution < -0.4 is 0 Å². The van der Waals surface area contributed by atoms with E-state index in [4.69, 9.17) is 6.42 Å². The first kappa shape index (κ1) is 7.21. The van der Waals surface area contributed by atoms with Crippen molar-refractivity contribution >= 4 is 5.97 Å². The summed E-state index contributed by atoms with van der Waals surface area (Å²) in [5.41, 5.74) is 0. The third-order valence-electron chi connectivity index (χ3n) is 0.432. The van der Waals surface area contributed by atoms with Gasteiger partial charge in [0, 0.05) is 0 Å². The summed E-state index contributed by atoms with van der Waals surface area (Å²) in [4.78, 5) is 9.58. The van der Waals surface area contributed by atoms with Crippen molar-refractivity contribution in [3.8, 4) is 5.92 Å². The summed E-state index contributed by atoms with van der Waals surface area (Å²) < 4.78 is 0. The number of rotatable bonds is 3. The fourth-order valence-electron chi connectivity index (χ4n) is 0.203. The Balaban J connectivity index is 2.97. The molecule has 1 radical (unpaired) electrons. The summed E-state index contributed by atoms with van der Waals surface area (Å²) in [6, 6.07) is 0. The number of nitrogens with zero attached hydrogens (tertiary/aromatic N) is 1. The molecule has 0 saturated heterocycles. The zero-order valence-electron chi connectivity index (χ0n) is 4.18. The van der Waals surface area contributed by atoms with Crippen LogP contribution >= 0.6 is 0 Å². The van der Waals surface area contributed by atoms with Gasteiger partial charge in [0.25, 0.3) is 0 Å². The average Bonchev–Trinajstić information content (AvgIpc) is 1.66. The van der Waals surface area contributed by atoms with E-state index in [1.807, 2.05) is 5.92 Å². The number of carbonyl (C=O) groups is 1. The fraction of sp³-hybridized carbons (Fsp3) is 0.400. The predicted octanol–water partition coefficient (Wildman–Crippen LogP) is -0.0930. The number of hydrogen-bond donors (Lipinski definition) is 0. The van der Waals surface area contributed by atoms with E-state index in [-0.39, 0.29) is 13.1 Å². The van der Waals surface area contributed by atoms with E-state index in [1.54, 1.807) is 0 Å². The molecule has 0 aliphatic carbocycles. The zero-order chi connectivity index (χ0) is 6.41. The Morgan fingerprint density at radius 2 is 2.38 bits per heavy atom. The van der Waals surface area contributed by atoms with Gasteiger partial charge in [-0.25, -0.2) is 0 Å². The molecular formula is C5H4NO2. The molecule has 0 spiro atoms. The molecule has 41 valence electrons. The van der Waals surface area contributed by atoms with Gasteiger partial charge in [0.15, 0.2) is 0 Å². The van der Waals surface area contributed by atoms with Crippen LogP contribution in [-0.4, -0.2) is 19.1 Å². The first-order valence-corrected chi connectivity index (χ1v) is 2.00. The van der Waals surface area contributed by atoms with Crippen LogP contribution in [0.4, 0.5) is 0 Å². The van der Waals surface area contributed by atoms with Gasteiger partial charge in [-0.1, -0.05) is 0 Å². The van der Waals surface area contributed by atoms with Gasteiger partial charge in [0.1, 0.15) is 0 Å². The number of hydrogen-bond acceptors (Lipinski definition) is 1. The molecule has 0 heterocycles. The van der Waals surface area contributed by atoms with Gasteiger partial charge in [-0.3, -0.25) is 0 Å². The Bertz CT molecular complexity index is 114. The van der Waals surface area contributed by atoms with Crippen molar-refractivity contribution in [3.05, 3.63) is 11.7 Å². The molecule has 0 rings (SSSR count). The van der Waals surface area contributed by atoms with Gasteiger partial charge < -0.3 is 0 Å². The van der Waals surface area contributed by atoms with Crippen LogP contribution in [-0.2, 0) is 9.90 Å². The molecular weight excluding hydrogens is 106 g/mol. The minimum atomic E-state index is -1.22. The molecule has 0 aromatic heterocycles. The molecule has 0 aromatic carbocycles. The molecule has 0 fully saturated rings. The van der Waals surface area contributed by atoms with Crippen LogP contribution in [0.15, 0.2) is 0 Å². The minimum absolute atomic E-state index is 0.0357. The van der Waals surface area contributed by atoms with Crippen molar-refractivity contribution < 1.29 is 9.90 Å². The van der Waals surface area contributed by atoms with Crippen LogP contribution in [0.1, 0.15) is 0 Å². The fourth-order valence-corrected chi connectivity index (χ4v) is 0.203. The maximum atomic E-state index is 9.58. The Hall–Kier alpha value is -0.790. The summed E-state index contributed by atoms with van der Waals surface area (Å²) in [7, 11) is 0. The van der Waals surface area contributed by atoms with E-state index in [9.17, 15) is 9.90 Å². The maximum absolute atomic E-state index is 9.58. The molecule has 0 bridgehead atoms. The molecule has 0 aliphatic rings. The average molecular weight is 110 g/mol. The molecule has 8 heavy (non-hydrogen) atoms. The second-order valence-corrected chi connectivity index (χ2v) is 1.09. The second-order valence-electron chi connectivity index (χ2n) is 1.09. The topological polar surface area (TPSA) is 51.1 Å². The molecule has 0 saturated carbocycles. The molecule has 0 unspecified atom stereocenters. The number of carbonyl (C=O) groups excluding carboxylic acids is 1. The Kier molecular flexibility index (Phi) is 3.94. The molecule has 0 amide bonds. The summed E-state index contributed by atoms with van der Waals surface area (Å²) >= 11 is 0. The van der Waals surface area contributed by atoms with E-state index in [0.29, 0.717) is 0 Å². The molecule has 0 atom stereocenters. The SMILES string of the molecule is [C+]#CC[N-]CC([O])=O. The van der Waals surface area contributed by atoms with Crippen molar-refractivity contribution in [1.82, 2.24) is 0 Å². The van der Waals surface area contributed by atoms with Gasteiger partial charge in [0.2, 0.25) is 0 Å². The van der Waals surface area contributed by atoms with Gasteiger partial charge >= 0.3 is 46.6 Å². The van der Waals surface area contributed by atoms with Gasteiger partial charge in [0.05, 0.1) is 0 Å². The molecule has 3 nitrogen and oxygen atoms in total. The molecule has 0 aromatic rings. The van der Waals surface area contributed by atoms with E-state index in [2.05, 4.69) is 5.32 Å². The van der Waals surface area contributed by atoms with Gasteiger partial charge in [-0.15, -0.1) is 0 Å². The van der Waals surface area contributed by atoms with Crippen molar-refractivity contribution in [1.29, 1.82) is 0 Å². The van der Waals surface area contributed by atoms with Crippen LogP contribution in [0, 0.1) is 12.3 Å². The Morgan fingerprint density at radius 3 is 2.75 bits per heavy atom. The van der Waals surface area contributed by atoms with E-state index < -0.39 is 5.97 Å². The van der Waals surface area contributed by atoms with E-state index >= 15 is 0 Å². The van der Waals surface area contributed by atoms with Crippen LogP contribution in [0.3, 0.4) is 0 Å². The van der Waals surface area contributed by atoms with Gasteiger partial charge in [-0.05, 0) is 0 Å². The van der Waals surface area contributed by atoms with Crippen LogP contribution in [0.25, 0.3) is 5.32 Å². The quantitative estimate of drug-likeness (QED) is 0.284. The molecule has 3 heteroatoms. The van der Waals surface area contributed by atoms with Crippen LogP contribution in [0.5, 0.6) is 0 Å². The monoisotopic (exact) mass is 110 g/mol. The summed E-state index contributed by atoms with van der Waals surface area (Å²) in [6.45, 7) is -0.306. The normalized spacial score (nSPS) is 8.25. The third-order valence-corrected chi connectivity index (χ3v) is 0.432. The molecule has 0 N–H and O–H groups in total.